The predicted molar refractivity (Wildman–Crippen MR) is 75.1 cm³/mol. The highest BCUT2D eigenvalue weighted by Crippen LogP contribution is 2.66. The summed E-state index contributed by atoms with van der Waals surface area (Å²) in [4.78, 5) is 46.5. The standard InChI is InChI=1S/C14H20N2O7/c1-13(2,3)23-12(22)16-14-6(10(18)19)4-5(9(15)17)7(14)8(14)11(20)21/h5-8H,4H2,1-3H3,(H2,15,17)(H,16,22)(H,18,19)(H,20,21). The lowest BCUT2D eigenvalue weighted by atomic mass is 9.90. The molecule has 5 atom stereocenters. The van der Waals surface area contributed by atoms with E-state index in [1.165, 1.54) is 0 Å². The van der Waals surface area contributed by atoms with Gasteiger partial charge in [0.2, 0.25) is 5.91 Å². The van der Waals surface area contributed by atoms with Crippen LogP contribution in [0.3, 0.4) is 0 Å². The van der Waals surface area contributed by atoms with Crippen LogP contribution in [0, 0.1) is 23.7 Å². The molecule has 0 aromatic carbocycles. The zero-order chi connectivity index (χ0) is 17.7. The third-order valence-corrected chi connectivity index (χ3v) is 4.46. The summed E-state index contributed by atoms with van der Waals surface area (Å²) in [6.45, 7) is 4.87. The molecule has 0 heterocycles. The Labute approximate surface area is 132 Å². The zero-order valence-electron chi connectivity index (χ0n) is 13.0. The number of carboxylic acid groups (broad SMARTS) is 2. The summed E-state index contributed by atoms with van der Waals surface area (Å²) in [7, 11) is 0. The van der Waals surface area contributed by atoms with Crippen molar-refractivity contribution in [3.05, 3.63) is 0 Å². The molecule has 9 heteroatoms. The van der Waals surface area contributed by atoms with E-state index in [0.717, 1.165) is 0 Å². The number of nitrogens with two attached hydrogens (primary N) is 1. The molecule has 128 valence electrons. The summed E-state index contributed by atoms with van der Waals surface area (Å²) in [6.07, 6.45) is -1.02. The second-order valence-electron chi connectivity index (χ2n) is 7.04. The molecular weight excluding hydrogens is 308 g/mol. The Balaban J connectivity index is 2.33. The monoisotopic (exact) mass is 328 g/mol. The van der Waals surface area contributed by atoms with Gasteiger partial charge in [0.15, 0.2) is 0 Å². The van der Waals surface area contributed by atoms with Crippen LogP contribution in [0.15, 0.2) is 0 Å². The van der Waals surface area contributed by atoms with Crippen molar-refractivity contribution in [2.24, 2.45) is 29.4 Å². The Kier molecular flexibility index (Phi) is 3.78. The SMILES string of the molecule is CC(C)(C)OC(=O)NC12C(C(=O)O)CC(C(N)=O)C1C2C(=O)O. The van der Waals surface area contributed by atoms with Crippen LogP contribution in [0.5, 0.6) is 0 Å². The van der Waals surface area contributed by atoms with Crippen molar-refractivity contribution in [3.63, 3.8) is 0 Å². The number of carbonyl (C=O) groups excluding carboxylic acids is 2. The number of fused-ring (bicyclic) bond motifs is 1. The molecule has 0 spiro atoms. The van der Waals surface area contributed by atoms with E-state index in [-0.39, 0.29) is 6.42 Å². The fourth-order valence-corrected chi connectivity index (χ4v) is 3.73. The molecular formula is C14H20N2O7. The summed E-state index contributed by atoms with van der Waals surface area (Å²) in [5.74, 6) is -7.46. The maximum Gasteiger partial charge on any atom is 0.408 e. The summed E-state index contributed by atoms with van der Waals surface area (Å²) in [6, 6.07) is 0. The number of hydrogen-bond acceptors (Lipinski definition) is 5. The van der Waals surface area contributed by atoms with Crippen LogP contribution in [-0.2, 0) is 19.1 Å². The van der Waals surface area contributed by atoms with Gasteiger partial charge in [0.1, 0.15) is 5.60 Å². The third kappa shape index (κ3) is 2.71. The van der Waals surface area contributed by atoms with Crippen LogP contribution in [0.1, 0.15) is 27.2 Å². The molecule has 0 aromatic rings. The van der Waals surface area contributed by atoms with Gasteiger partial charge in [0.25, 0.3) is 0 Å². The minimum Gasteiger partial charge on any atom is -0.481 e. The van der Waals surface area contributed by atoms with Crippen LogP contribution in [0.4, 0.5) is 4.79 Å². The van der Waals surface area contributed by atoms with Crippen molar-refractivity contribution in [3.8, 4) is 0 Å². The van der Waals surface area contributed by atoms with E-state index in [4.69, 9.17) is 10.5 Å². The molecule has 0 aromatic heterocycles. The Morgan fingerprint density at radius 3 is 2.13 bits per heavy atom. The molecule has 5 N–H and O–H groups in total. The molecule has 2 fully saturated rings. The number of carboxylic acids is 2. The van der Waals surface area contributed by atoms with Gasteiger partial charge in [-0.1, -0.05) is 0 Å². The maximum atomic E-state index is 12.0. The summed E-state index contributed by atoms with van der Waals surface area (Å²) in [5, 5.41) is 21.1. The number of carbonyl (C=O) groups is 4. The second kappa shape index (κ2) is 5.10. The highest BCUT2D eigenvalue weighted by Gasteiger charge is 2.81. The average Bonchev–Trinajstić information content (AvgIpc) is 2.83. The number of ether oxygens (including phenoxy) is 1. The second-order valence-corrected chi connectivity index (χ2v) is 7.04. The van der Waals surface area contributed by atoms with Gasteiger partial charge in [-0.25, -0.2) is 4.79 Å². The maximum absolute atomic E-state index is 12.0. The fraction of sp³-hybridized carbons (Fsp3) is 0.714. The van der Waals surface area contributed by atoms with Gasteiger partial charge >= 0.3 is 18.0 Å². The molecule has 2 aliphatic rings. The van der Waals surface area contributed by atoms with Crippen LogP contribution in [0.25, 0.3) is 0 Å². The first kappa shape index (κ1) is 17.0. The van der Waals surface area contributed by atoms with Gasteiger partial charge < -0.3 is 26.0 Å². The molecule has 9 nitrogen and oxygen atoms in total. The Hall–Kier alpha value is -2.32. The van der Waals surface area contributed by atoms with Crippen molar-refractivity contribution >= 4 is 23.9 Å². The van der Waals surface area contributed by atoms with Gasteiger partial charge in [0, 0.05) is 11.8 Å². The summed E-state index contributed by atoms with van der Waals surface area (Å²) in [5.41, 5.74) is 2.89. The van der Waals surface area contributed by atoms with Crippen LogP contribution < -0.4 is 11.1 Å². The van der Waals surface area contributed by atoms with E-state index >= 15 is 0 Å². The minimum absolute atomic E-state index is 0.102. The predicted octanol–water partition coefficient (Wildman–Crippen LogP) is -0.213. The molecule has 2 amide bonds. The van der Waals surface area contributed by atoms with Gasteiger partial charge in [-0.15, -0.1) is 0 Å². The van der Waals surface area contributed by atoms with Gasteiger partial charge in [-0.05, 0) is 27.2 Å². The van der Waals surface area contributed by atoms with Gasteiger partial charge in [-0.2, -0.15) is 0 Å². The van der Waals surface area contributed by atoms with Crippen molar-refractivity contribution in [1.29, 1.82) is 0 Å². The number of amides is 2. The van der Waals surface area contributed by atoms with Crippen molar-refractivity contribution in [1.82, 2.24) is 5.32 Å². The van der Waals surface area contributed by atoms with E-state index in [1.807, 2.05) is 0 Å². The molecule has 2 saturated carbocycles. The van der Waals surface area contributed by atoms with Crippen molar-refractivity contribution in [2.45, 2.75) is 38.3 Å². The van der Waals surface area contributed by atoms with Crippen LogP contribution in [-0.4, -0.2) is 45.3 Å². The number of alkyl carbamates (subject to hydrolysis) is 1. The topological polar surface area (TPSA) is 156 Å². The largest absolute Gasteiger partial charge is 0.481 e. The number of nitrogens with one attached hydrogen (secondary N) is 1. The smallest absolute Gasteiger partial charge is 0.408 e. The summed E-state index contributed by atoms with van der Waals surface area (Å²) < 4.78 is 5.09. The first-order chi connectivity index (χ1) is 10.4. The lowest BCUT2D eigenvalue weighted by Crippen LogP contribution is -2.49. The minimum atomic E-state index is -1.54. The van der Waals surface area contributed by atoms with E-state index in [0.29, 0.717) is 0 Å². The molecule has 0 aliphatic heterocycles. The van der Waals surface area contributed by atoms with Gasteiger partial charge in [-0.3, -0.25) is 14.4 Å². The Morgan fingerprint density at radius 2 is 1.74 bits per heavy atom. The fourth-order valence-electron chi connectivity index (χ4n) is 3.73. The van der Waals surface area contributed by atoms with E-state index < -0.39 is 58.8 Å². The van der Waals surface area contributed by atoms with Crippen molar-refractivity contribution in [2.75, 3.05) is 0 Å². The molecule has 23 heavy (non-hydrogen) atoms. The first-order valence-electron chi connectivity index (χ1n) is 7.18. The Morgan fingerprint density at radius 1 is 1.17 bits per heavy atom. The number of aliphatic carboxylic acids is 2. The highest BCUT2D eigenvalue weighted by atomic mass is 16.6. The quantitative estimate of drug-likeness (QED) is 0.556. The molecule has 2 rings (SSSR count). The number of primary amides is 1. The zero-order valence-corrected chi connectivity index (χ0v) is 13.0. The normalized spacial score (nSPS) is 35.1. The van der Waals surface area contributed by atoms with Crippen LogP contribution in [0.2, 0.25) is 0 Å². The lowest BCUT2D eigenvalue weighted by Gasteiger charge is -2.26. The lowest BCUT2D eigenvalue weighted by molar-refractivity contribution is -0.144. The Bertz CT molecular complexity index is 582. The molecule has 2 aliphatic carbocycles. The number of rotatable bonds is 4. The molecule has 0 bridgehead atoms. The molecule has 5 unspecified atom stereocenters. The highest BCUT2D eigenvalue weighted by molar-refractivity contribution is 5.90. The average molecular weight is 328 g/mol. The molecule has 0 saturated heterocycles. The third-order valence-electron chi connectivity index (χ3n) is 4.46. The van der Waals surface area contributed by atoms with Gasteiger partial charge in [0.05, 0.1) is 17.4 Å². The van der Waals surface area contributed by atoms with E-state index in [1.54, 1.807) is 20.8 Å². The summed E-state index contributed by atoms with van der Waals surface area (Å²) >= 11 is 0. The number of hydrogen-bond donors (Lipinski definition) is 4. The van der Waals surface area contributed by atoms with Crippen LogP contribution >= 0.6 is 0 Å². The van der Waals surface area contributed by atoms with Crippen molar-refractivity contribution < 1.29 is 34.1 Å². The molecule has 0 radical (unpaired) electrons. The van der Waals surface area contributed by atoms with E-state index in [2.05, 4.69) is 5.32 Å². The first-order valence-corrected chi connectivity index (χ1v) is 7.18. The van der Waals surface area contributed by atoms with E-state index in [9.17, 15) is 29.4 Å².